The first kappa shape index (κ1) is 12.2. The summed E-state index contributed by atoms with van der Waals surface area (Å²) in [7, 11) is 0. The summed E-state index contributed by atoms with van der Waals surface area (Å²) in [4.78, 5) is 0. The van der Waals surface area contributed by atoms with Crippen LogP contribution < -0.4 is 0 Å². The average molecular weight is 248 g/mol. The molecule has 0 spiro atoms. The van der Waals surface area contributed by atoms with Gasteiger partial charge in [-0.2, -0.15) is 0 Å². The van der Waals surface area contributed by atoms with E-state index in [0.29, 0.717) is 12.5 Å². The predicted octanol–water partition coefficient (Wildman–Crippen LogP) is 2.29. The van der Waals surface area contributed by atoms with Gasteiger partial charge in [0.2, 0.25) is 0 Å². The molecule has 4 atom stereocenters. The van der Waals surface area contributed by atoms with E-state index >= 15 is 0 Å². The first-order chi connectivity index (χ1) is 8.62. The van der Waals surface area contributed by atoms with Gasteiger partial charge in [-0.1, -0.05) is 44.2 Å². The number of rotatable bonds is 2. The summed E-state index contributed by atoms with van der Waals surface area (Å²) in [5.74, 6) is 0.655. The highest BCUT2D eigenvalue weighted by Gasteiger charge is 2.54. The first-order valence-corrected chi connectivity index (χ1v) is 6.65. The van der Waals surface area contributed by atoms with Crippen LogP contribution in [0.1, 0.15) is 25.8 Å². The molecule has 2 heterocycles. The predicted molar refractivity (Wildman–Crippen MR) is 67.9 cm³/mol. The molecule has 1 aromatic rings. The maximum absolute atomic E-state index is 10.2. The maximum atomic E-state index is 10.2. The molecule has 2 saturated heterocycles. The van der Waals surface area contributed by atoms with Crippen molar-refractivity contribution in [2.24, 2.45) is 11.8 Å². The van der Waals surface area contributed by atoms with Gasteiger partial charge in [0, 0.05) is 0 Å². The van der Waals surface area contributed by atoms with Crippen molar-refractivity contribution < 1.29 is 14.6 Å². The molecule has 3 nitrogen and oxygen atoms in total. The van der Waals surface area contributed by atoms with E-state index in [1.807, 2.05) is 18.2 Å². The van der Waals surface area contributed by atoms with Crippen molar-refractivity contribution >= 4 is 0 Å². The Labute approximate surface area is 108 Å². The second kappa shape index (κ2) is 4.34. The Balaban J connectivity index is 1.94. The summed E-state index contributed by atoms with van der Waals surface area (Å²) in [6.07, 6.45) is -0.150. The lowest BCUT2D eigenvalue weighted by molar-refractivity contribution is -0.210. The van der Waals surface area contributed by atoms with Crippen LogP contribution in [-0.2, 0) is 15.1 Å². The third kappa shape index (κ3) is 1.78. The fraction of sp³-hybridized carbons (Fsp3) is 0.600. The SMILES string of the molecule is CC(C)[C@@H]1CC2(c3ccccc3)CO[C@H](O2)[C@H]1O. The van der Waals surface area contributed by atoms with Gasteiger partial charge in [0.25, 0.3) is 0 Å². The van der Waals surface area contributed by atoms with Crippen molar-refractivity contribution in [2.75, 3.05) is 6.61 Å². The van der Waals surface area contributed by atoms with E-state index in [1.165, 1.54) is 0 Å². The van der Waals surface area contributed by atoms with Crippen LogP contribution >= 0.6 is 0 Å². The molecule has 0 amide bonds. The molecule has 0 radical (unpaired) electrons. The van der Waals surface area contributed by atoms with Crippen LogP contribution in [0, 0.1) is 11.8 Å². The topological polar surface area (TPSA) is 38.7 Å². The minimum atomic E-state index is -0.510. The zero-order valence-electron chi connectivity index (χ0n) is 10.9. The zero-order chi connectivity index (χ0) is 12.8. The van der Waals surface area contributed by atoms with Crippen LogP contribution in [0.25, 0.3) is 0 Å². The van der Waals surface area contributed by atoms with Gasteiger partial charge in [-0.05, 0) is 23.8 Å². The van der Waals surface area contributed by atoms with E-state index in [4.69, 9.17) is 9.47 Å². The Bertz CT molecular complexity index is 417. The van der Waals surface area contributed by atoms with Crippen molar-refractivity contribution in [3.05, 3.63) is 35.9 Å². The largest absolute Gasteiger partial charge is 0.388 e. The Morgan fingerprint density at radius 3 is 2.67 bits per heavy atom. The Morgan fingerprint density at radius 2 is 2.00 bits per heavy atom. The second-order valence-electron chi connectivity index (χ2n) is 5.76. The second-order valence-corrected chi connectivity index (χ2v) is 5.76. The van der Waals surface area contributed by atoms with Gasteiger partial charge in [-0.25, -0.2) is 0 Å². The van der Waals surface area contributed by atoms with Crippen LogP contribution in [0.4, 0.5) is 0 Å². The lowest BCUT2D eigenvalue weighted by Crippen LogP contribution is -2.47. The summed E-state index contributed by atoms with van der Waals surface area (Å²) >= 11 is 0. The minimum Gasteiger partial charge on any atom is -0.388 e. The molecule has 1 N–H and O–H groups in total. The van der Waals surface area contributed by atoms with E-state index in [2.05, 4.69) is 26.0 Å². The molecule has 0 aliphatic carbocycles. The van der Waals surface area contributed by atoms with E-state index < -0.39 is 12.4 Å². The highest BCUT2D eigenvalue weighted by Crippen LogP contribution is 2.47. The standard InChI is InChI=1S/C15H20O3/c1-10(2)12-8-15(11-6-4-3-5-7-11)9-17-14(18-15)13(12)16/h3-7,10,12-14,16H,8-9H2,1-2H3/t12-,13-,14+,15?/m0/s1. The molecule has 3 heteroatoms. The molecule has 18 heavy (non-hydrogen) atoms. The molecule has 2 bridgehead atoms. The van der Waals surface area contributed by atoms with E-state index in [9.17, 15) is 5.11 Å². The summed E-state index contributed by atoms with van der Waals surface area (Å²) < 4.78 is 11.6. The Hall–Kier alpha value is -0.900. The molecule has 2 aliphatic heterocycles. The van der Waals surface area contributed by atoms with Gasteiger partial charge in [-0.15, -0.1) is 0 Å². The third-order valence-corrected chi connectivity index (χ3v) is 4.26. The fourth-order valence-corrected chi connectivity index (χ4v) is 3.13. The summed E-state index contributed by atoms with van der Waals surface area (Å²) in [6, 6.07) is 10.2. The molecule has 0 saturated carbocycles. The van der Waals surface area contributed by atoms with E-state index in [-0.39, 0.29) is 11.5 Å². The van der Waals surface area contributed by atoms with Crippen LogP contribution in [-0.4, -0.2) is 24.1 Å². The quantitative estimate of drug-likeness (QED) is 0.872. The molecular formula is C15H20O3. The average Bonchev–Trinajstić information content (AvgIpc) is 2.76. The molecule has 0 aromatic heterocycles. The number of aliphatic hydroxyl groups excluding tert-OH is 1. The van der Waals surface area contributed by atoms with Gasteiger partial charge in [0.05, 0.1) is 6.61 Å². The lowest BCUT2D eigenvalue weighted by Gasteiger charge is -2.41. The van der Waals surface area contributed by atoms with Crippen LogP contribution in [0.2, 0.25) is 0 Å². The smallest absolute Gasteiger partial charge is 0.185 e. The number of benzene rings is 1. The number of fused-ring (bicyclic) bond motifs is 2. The Morgan fingerprint density at radius 1 is 1.28 bits per heavy atom. The monoisotopic (exact) mass is 248 g/mol. The van der Waals surface area contributed by atoms with E-state index in [1.54, 1.807) is 0 Å². The van der Waals surface area contributed by atoms with Gasteiger partial charge in [0.1, 0.15) is 11.7 Å². The normalized spacial score (nSPS) is 39.2. The summed E-state index contributed by atoms with van der Waals surface area (Å²) in [5, 5.41) is 10.2. The number of ether oxygens (including phenoxy) is 2. The van der Waals surface area contributed by atoms with Crippen LogP contribution in [0.15, 0.2) is 30.3 Å². The molecule has 3 rings (SSSR count). The van der Waals surface area contributed by atoms with Crippen molar-refractivity contribution in [1.82, 2.24) is 0 Å². The number of hydrogen-bond acceptors (Lipinski definition) is 3. The van der Waals surface area contributed by atoms with Gasteiger partial charge in [-0.3, -0.25) is 0 Å². The molecule has 2 fully saturated rings. The summed E-state index contributed by atoms with van der Waals surface area (Å²) in [5.41, 5.74) is 0.796. The number of aliphatic hydroxyl groups is 1. The van der Waals surface area contributed by atoms with Crippen LogP contribution in [0.5, 0.6) is 0 Å². The van der Waals surface area contributed by atoms with Gasteiger partial charge >= 0.3 is 0 Å². The fourth-order valence-electron chi connectivity index (χ4n) is 3.13. The summed E-state index contributed by atoms with van der Waals surface area (Å²) in [6.45, 7) is 4.84. The molecule has 1 aromatic carbocycles. The molecular weight excluding hydrogens is 228 g/mol. The maximum Gasteiger partial charge on any atom is 0.185 e. The van der Waals surface area contributed by atoms with Crippen molar-refractivity contribution in [2.45, 2.75) is 38.3 Å². The molecule has 2 aliphatic rings. The molecule has 1 unspecified atom stereocenters. The highest BCUT2D eigenvalue weighted by atomic mass is 16.7. The lowest BCUT2D eigenvalue weighted by atomic mass is 9.76. The highest BCUT2D eigenvalue weighted by molar-refractivity contribution is 5.25. The minimum absolute atomic E-state index is 0.228. The van der Waals surface area contributed by atoms with Gasteiger partial charge in [0.15, 0.2) is 6.29 Å². The van der Waals surface area contributed by atoms with Gasteiger partial charge < -0.3 is 14.6 Å². The van der Waals surface area contributed by atoms with Crippen molar-refractivity contribution in [3.63, 3.8) is 0 Å². The van der Waals surface area contributed by atoms with Crippen LogP contribution in [0.3, 0.4) is 0 Å². The van der Waals surface area contributed by atoms with E-state index in [0.717, 1.165) is 12.0 Å². The van der Waals surface area contributed by atoms with Crippen molar-refractivity contribution in [1.29, 1.82) is 0 Å². The molecule has 98 valence electrons. The Kier molecular flexibility index (Phi) is 2.93. The number of hydrogen-bond donors (Lipinski definition) is 1. The van der Waals surface area contributed by atoms with Crippen molar-refractivity contribution in [3.8, 4) is 0 Å². The first-order valence-electron chi connectivity index (χ1n) is 6.65. The zero-order valence-corrected chi connectivity index (χ0v) is 10.9. The third-order valence-electron chi connectivity index (χ3n) is 4.26.